The van der Waals surface area contributed by atoms with Crippen LogP contribution in [0.2, 0.25) is 0 Å². The highest BCUT2D eigenvalue weighted by Crippen LogP contribution is 2.35. The van der Waals surface area contributed by atoms with Gasteiger partial charge in [-0.3, -0.25) is 4.79 Å². The maximum Gasteiger partial charge on any atom is 0.360 e. The summed E-state index contributed by atoms with van der Waals surface area (Å²) in [6, 6.07) is 11.5. The normalized spacial score (nSPS) is 14.3. The standard InChI is InChI=1S/C25H24N4O4S2/c1-3-32-25(31)18-13-20(33-28-18)19-14-34-22(27-19)17-9-11-29(12-10-17)24(30)21-15(2)26-23(35-21)16-7-5-4-6-8-16/h4-8,13-14,17H,3,9-12H2,1-2H3. The van der Waals surface area contributed by atoms with Crippen molar-refractivity contribution in [2.45, 2.75) is 32.6 Å². The molecule has 1 saturated heterocycles. The fourth-order valence-corrected chi connectivity index (χ4v) is 6.08. The molecular weight excluding hydrogens is 484 g/mol. The first-order chi connectivity index (χ1) is 17.0. The minimum atomic E-state index is -0.512. The summed E-state index contributed by atoms with van der Waals surface area (Å²) in [6.07, 6.45) is 1.68. The molecule has 3 aromatic heterocycles. The number of nitrogens with zero attached hydrogens (tertiary/aromatic N) is 4. The van der Waals surface area contributed by atoms with Crippen molar-refractivity contribution in [3.63, 3.8) is 0 Å². The number of esters is 1. The Bertz CT molecular complexity index is 1340. The summed E-state index contributed by atoms with van der Waals surface area (Å²) < 4.78 is 10.3. The van der Waals surface area contributed by atoms with E-state index in [0.717, 1.165) is 34.1 Å². The maximum atomic E-state index is 13.2. The molecule has 0 unspecified atom stereocenters. The number of amides is 1. The lowest BCUT2D eigenvalue weighted by molar-refractivity contribution is 0.0514. The average Bonchev–Trinajstić information content (AvgIpc) is 3.64. The van der Waals surface area contributed by atoms with E-state index in [2.05, 4.69) is 10.1 Å². The average molecular weight is 509 g/mol. The Labute approximate surface area is 210 Å². The van der Waals surface area contributed by atoms with Crippen molar-refractivity contribution >= 4 is 34.6 Å². The lowest BCUT2D eigenvalue weighted by Gasteiger charge is -2.30. The van der Waals surface area contributed by atoms with E-state index in [4.69, 9.17) is 14.2 Å². The Morgan fingerprint density at radius 2 is 1.94 bits per heavy atom. The molecule has 1 aliphatic rings. The molecule has 0 radical (unpaired) electrons. The third-order valence-corrected chi connectivity index (χ3v) is 8.11. The second-order valence-electron chi connectivity index (χ2n) is 8.23. The number of aromatic nitrogens is 3. The van der Waals surface area contributed by atoms with Crippen LogP contribution in [0.4, 0.5) is 0 Å². The zero-order valence-corrected chi connectivity index (χ0v) is 21.0. The van der Waals surface area contributed by atoms with E-state index in [1.807, 2.05) is 47.5 Å². The van der Waals surface area contributed by atoms with Crippen LogP contribution in [-0.2, 0) is 4.74 Å². The van der Waals surface area contributed by atoms with Crippen LogP contribution in [0.3, 0.4) is 0 Å². The molecule has 0 atom stereocenters. The second-order valence-corrected chi connectivity index (χ2v) is 10.1. The maximum absolute atomic E-state index is 13.2. The zero-order chi connectivity index (χ0) is 24.4. The number of likely N-dealkylation sites (tertiary alicyclic amines) is 1. The van der Waals surface area contributed by atoms with Crippen molar-refractivity contribution in [3.8, 4) is 22.0 Å². The number of aryl methyl sites for hydroxylation is 1. The Morgan fingerprint density at radius 1 is 1.17 bits per heavy atom. The van der Waals surface area contributed by atoms with Gasteiger partial charge in [-0.15, -0.1) is 22.7 Å². The predicted octanol–water partition coefficient (Wildman–Crippen LogP) is 5.43. The Kier molecular flexibility index (Phi) is 6.74. The van der Waals surface area contributed by atoms with E-state index in [1.54, 1.807) is 24.3 Å². The van der Waals surface area contributed by atoms with Crippen LogP contribution in [0, 0.1) is 6.92 Å². The van der Waals surface area contributed by atoms with Crippen LogP contribution in [-0.4, -0.2) is 51.6 Å². The van der Waals surface area contributed by atoms with Crippen LogP contribution >= 0.6 is 22.7 Å². The smallest absolute Gasteiger partial charge is 0.360 e. The highest BCUT2D eigenvalue weighted by Gasteiger charge is 2.29. The second kappa shape index (κ2) is 10.1. The number of thiazole rings is 2. The van der Waals surface area contributed by atoms with Crippen molar-refractivity contribution in [2.24, 2.45) is 0 Å². The van der Waals surface area contributed by atoms with Crippen LogP contribution in [0.1, 0.15) is 56.5 Å². The van der Waals surface area contributed by atoms with Gasteiger partial charge < -0.3 is 14.2 Å². The molecule has 0 saturated carbocycles. The number of hydrogen-bond acceptors (Lipinski definition) is 9. The molecule has 1 aliphatic heterocycles. The topological polar surface area (TPSA) is 98.4 Å². The van der Waals surface area contributed by atoms with Gasteiger partial charge in [-0.1, -0.05) is 35.5 Å². The molecule has 1 amide bonds. The largest absolute Gasteiger partial charge is 0.461 e. The van der Waals surface area contributed by atoms with Crippen molar-refractivity contribution in [1.29, 1.82) is 0 Å². The molecule has 1 aromatic carbocycles. The number of piperidine rings is 1. The van der Waals surface area contributed by atoms with Crippen molar-refractivity contribution in [2.75, 3.05) is 19.7 Å². The summed E-state index contributed by atoms with van der Waals surface area (Å²) in [7, 11) is 0. The number of carbonyl (C=O) groups excluding carboxylic acids is 2. The highest BCUT2D eigenvalue weighted by atomic mass is 32.1. The number of hydrogen-bond donors (Lipinski definition) is 0. The quantitative estimate of drug-likeness (QED) is 0.320. The molecule has 4 heterocycles. The van der Waals surface area contributed by atoms with Gasteiger partial charge in [-0.2, -0.15) is 0 Å². The van der Waals surface area contributed by atoms with Gasteiger partial charge in [0.25, 0.3) is 5.91 Å². The minimum absolute atomic E-state index is 0.0496. The van der Waals surface area contributed by atoms with Gasteiger partial charge in [0, 0.05) is 36.0 Å². The van der Waals surface area contributed by atoms with E-state index in [1.165, 1.54) is 11.3 Å². The summed E-state index contributed by atoms with van der Waals surface area (Å²) in [5.41, 5.74) is 2.59. The third-order valence-electron chi connectivity index (χ3n) is 5.91. The molecule has 4 aromatic rings. The molecule has 10 heteroatoms. The van der Waals surface area contributed by atoms with Crippen LogP contribution in [0.25, 0.3) is 22.0 Å². The fourth-order valence-electron chi connectivity index (χ4n) is 4.06. The van der Waals surface area contributed by atoms with Gasteiger partial charge in [0.15, 0.2) is 11.5 Å². The van der Waals surface area contributed by atoms with Gasteiger partial charge in [0.05, 0.1) is 17.3 Å². The Hall–Kier alpha value is -3.37. The number of ether oxygens (including phenoxy) is 1. The lowest BCUT2D eigenvalue weighted by atomic mass is 9.97. The molecule has 0 bridgehead atoms. The summed E-state index contributed by atoms with van der Waals surface area (Å²) in [6.45, 7) is 5.26. The highest BCUT2D eigenvalue weighted by molar-refractivity contribution is 7.17. The van der Waals surface area contributed by atoms with Crippen molar-refractivity contribution < 1.29 is 18.8 Å². The third kappa shape index (κ3) is 4.89. The lowest BCUT2D eigenvalue weighted by Crippen LogP contribution is -2.37. The summed E-state index contributed by atoms with van der Waals surface area (Å²) in [5.74, 6) is 0.251. The van der Waals surface area contributed by atoms with Gasteiger partial charge in [0.1, 0.15) is 15.6 Å². The predicted molar refractivity (Wildman–Crippen MR) is 134 cm³/mol. The van der Waals surface area contributed by atoms with Crippen LogP contribution < -0.4 is 0 Å². The van der Waals surface area contributed by atoms with Gasteiger partial charge in [0.2, 0.25) is 0 Å². The molecule has 180 valence electrons. The number of rotatable bonds is 6. The number of carbonyl (C=O) groups is 2. The van der Waals surface area contributed by atoms with Crippen LogP contribution in [0.15, 0.2) is 46.3 Å². The minimum Gasteiger partial charge on any atom is -0.461 e. The summed E-state index contributed by atoms with van der Waals surface area (Å²) in [5, 5.41) is 7.57. The van der Waals surface area contributed by atoms with Crippen LogP contribution in [0.5, 0.6) is 0 Å². The molecule has 0 aliphatic carbocycles. The molecule has 0 N–H and O–H groups in total. The zero-order valence-electron chi connectivity index (χ0n) is 19.4. The van der Waals surface area contributed by atoms with E-state index in [-0.39, 0.29) is 24.1 Å². The van der Waals surface area contributed by atoms with E-state index in [9.17, 15) is 9.59 Å². The first-order valence-electron chi connectivity index (χ1n) is 11.4. The number of benzene rings is 1. The Balaban J connectivity index is 1.22. The first-order valence-corrected chi connectivity index (χ1v) is 13.1. The molecule has 5 rings (SSSR count). The van der Waals surface area contributed by atoms with Gasteiger partial charge in [-0.05, 0) is 26.7 Å². The molecule has 1 fully saturated rings. The van der Waals surface area contributed by atoms with Crippen molar-refractivity contribution in [3.05, 3.63) is 63.1 Å². The van der Waals surface area contributed by atoms with Crippen molar-refractivity contribution in [1.82, 2.24) is 20.0 Å². The van der Waals surface area contributed by atoms with E-state index in [0.29, 0.717) is 29.4 Å². The molecule has 35 heavy (non-hydrogen) atoms. The Morgan fingerprint density at radius 3 is 2.69 bits per heavy atom. The van der Waals surface area contributed by atoms with Gasteiger partial charge in [-0.25, -0.2) is 14.8 Å². The van der Waals surface area contributed by atoms with Gasteiger partial charge >= 0.3 is 5.97 Å². The monoisotopic (exact) mass is 508 g/mol. The van der Waals surface area contributed by atoms with E-state index >= 15 is 0 Å². The SMILES string of the molecule is CCOC(=O)c1cc(-c2csc(C3CCN(C(=O)c4sc(-c5ccccc5)nc4C)CC3)n2)on1. The molecular formula is C25H24N4O4S2. The molecule has 8 nitrogen and oxygen atoms in total. The van der Waals surface area contributed by atoms with E-state index < -0.39 is 5.97 Å². The molecule has 0 spiro atoms. The first kappa shape index (κ1) is 23.4. The summed E-state index contributed by atoms with van der Waals surface area (Å²) >= 11 is 3.02. The summed E-state index contributed by atoms with van der Waals surface area (Å²) in [4.78, 5) is 37.0. The fraction of sp³-hybridized carbons (Fsp3) is 0.320.